The van der Waals surface area contributed by atoms with E-state index in [0.717, 1.165) is 25.2 Å². The molecule has 102 valence electrons. The van der Waals surface area contributed by atoms with E-state index in [1.807, 2.05) is 30.3 Å². The number of benzene rings is 1. The number of hydrogen-bond acceptors (Lipinski definition) is 2. The largest absolute Gasteiger partial charge is 0.494 e. The van der Waals surface area contributed by atoms with E-state index in [9.17, 15) is 0 Å². The predicted molar refractivity (Wildman–Crippen MR) is 77.9 cm³/mol. The van der Waals surface area contributed by atoms with Gasteiger partial charge in [-0.25, -0.2) is 0 Å². The summed E-state index contributed by atoms with van der Waals surface area (Å²) in [4.78, 5) is 0. The van der Waals surface area contributed by atoms with Crippen LogP contribution >= 0.6 is 0 Å². The fraction of sp³-hybridized carbons (Fsp3) is 0.625. The lowest BCUT2D eigenvalue weighted by Gasteiger charge is -2.11. The second-order valence-electron chi connectivity index (χ2n) is 4.91. The van der Waals surface area contributed by atoms with Gasteiger partial charge >= 0.3 is 0 Å². The fourth-order valence-corrected chi connectivity index (χ4v) is 2.02. The molecule has 1 unspecified atom stereocenters. The molecule has 0 spiro atoms. The van der Waals surface area contributed by atoms with Gasteiger partial charge in [0.15, 0.2) is 0 Å². The maximum atomic E-state index is 6.07. The third kappa shape index (κ3) is 7.33. The van der Waals surface area contributed by atoms with Gasteiger partial charge in [0.05, 0.1) is 6.61 Å². The van der Waals surface area contributed by atoms with Crippen molar-refractivity contribution in [3.63, 3.8) is 0 Å². The lowest BCUT2D eigenvalue weighted by Crippen LogP contribution is -2.19. The van der Waals surface area contributed by atoms with Crippen LogP contribution in [-0.2, 0) is 0 Å². The van der Waals surface area contributed by atoms with Gasteiger partial charge in [0, 0.05) is 6.04 Å². The van der Waals surface area contributed by atoms with Gasteiger partial charge in [0.2, 0.25) is 0 Å². The zero-order valence-corrected chi connectivity index (χ0v) is 11.6. The molecule has 2 heteroatoms. The summed E-state index contributed by atoms with van der Waals surface area (Å²) in [5.74, 6) is 0.963. The highest BCUT2D eigenvalue weighted by Gasteiger charge is 2.01. The van der Waals surface area contributed by atoms with E-state index in [1.54, 1.807) is 0 Å². The molecule has 0 aliphatic heterocycles. The Morgan fingerprint density at radius 2 is 1.67 bits per heavy atom. The summed E-state index contributed by atoms with van der Waals surface area (Å²) in [6, 6.07) is 10.4. The van der Waals surface area contributed by atoms with E-state index < -0.39 is 0 Å². The van der Waals surface area contributed by atoms with Crippen LogP contribution in [0.3, 0.4) is 0 Å². The van der Waals surface area contributed by atoms with Crippen LogP contribution in [0.15, 0.2) is 30.3 Å². The van der Waals surface area contributed by atoms with Crippen molar-refractivity contribution in [3.8, 4) is 5.75 Å². The molecule has 0 heterocycles. The lowest BCUT2D eigenvalue weighted by atomic mass is 10.0. The summed E-state index contributed by atoms with van der Waals surface area (Å²) in [6.07, 6.45) is 8.42. The first-order valence-corrected chi connectivity index (χ1v) is 7.26. The highest BCUT2D eigenvalue weighted by Crippen LogP contribution is 2.11. The van der Waals surface area contributed by atoms with E-state index in [0.29, 0.717) is 6.04 Å². The standard InChI is InChI=1S/C16H27NO/c1-2-3-5-10-15(17)11-8-9-14-18-16-12-6-4-7-13-16/h4,6-7,12-13,15H,2-3,5,8-11,14,17H2,1H3. The van der Waals surface area contributed by atoms with E-state index in [2.05, 4.69) is 6.92 Å². The summed E-state index contributed by atoms with van der Waals surface area (Å²) in [6.45, 7) is 3.03. The Balaban J connectivity index is 1.95. The van der Waals surface area contributed by atoms with Gasteiger partial charge in [-0.2, -0.15) is 0 Å². The average Bonchev–Trinajstić information content (AvgIpc) is 2.40. The van der Waals surface area contributed by atoms with Crippen LogP contribution < -0.4 is 10.5 Å². The van der Waals surface area contributed by atoms with Crippen LogP contribution in [0.5, 0.6) is 5.75 Å². The van der Waals surface area contributed by atoms with Crippen molar-refractivity contribution in [1.29, 1.82) is 0 Å². The van der Waals surface area contributed by atoms with Crippen molar-refractivity contribution >= 4 is 0 Å². The number of rotatable bonds is 10. The molecular formula is C16H27NO. The zero-order chi connectivity index (χ0) is 13.1. The van der Waals surface area contributed by atoms with Crippen molar-refractivity contribution in [2.75, 3.05) is 6.61 Å². The van der Waals surface area contributed by atoms with Crippen LogP contribution in [0.1, 0.15) is 51.9 Å². The minimum absolute atomic E-state index is 0.383. The minimum atomic E-state index is 0.383. The van der Waals surface area contributed by atoms with Gasteiger partial charge < -0.3 is 10.5 Å². The van der Waals surface area contributed by atoms with Gasteiger partial charge in [-0.15, -0.1) is 0 Å². The van der Waals surface area contributed by atoms with Crippen LogP contribution in [0.25, 0.3) is 0 Å². The molecule has 1 aromatic rings. The second-order valence-corrected chi connectivity index (χ2v) is 4.91. The predicted octanol–water partition coefficient (Wildman–Crippen LogP) is 4.14. The second kappa shape index (κ2) is 9.95. The molecule has 2 N–H and O–H groups in total. The Morgan fingerprint density at radius 1 is 1.00 bits per heavy atom. The number of nitrogens with two attached hydrogens (primary N) is 1. The molecule has 0 radical (unpaired) electrons. The average molecular weight is 249 g/mol. The quantitative estimate of drug-likeness (QED) is 0.632. The van der Waals surface area contributed by atoms with Crippen molar-refractivity contribution in [2.24, 2.45) is 5.73 Å². The Hall–Kier alpha value is -1.02. The summed E-state index contributed by atoms with van der Waals surface area (Å²) < 4.78 is 5.65. The smallest absolute Gasteiger partial charge is 0.119 e. The Kier molecular flexibility index (Phi) is 8.32. The van der Waals surface area contributed by atoms with Gasteiger partial charge in [-0.3, -0.25) is 0 Å². The maximum absolute atomic E-state index is 6.07. The van der Waals surface area contributed by atoms with E-state index in [-0.39, 0.29) is 0 Å². The van der Waals surface area contributed by atoms with Gasteiger partial charge in [-0.05, 0) is 37.8 Å². The van der Waals surface area contributed by atoms with Gasteiger partial charge in [0.1, 0.15) is 5.75 Å². The van der Waals surface area contributed by atoms with Crippen LogP contribution in [-0.4, -0.2) is 12.6 Å². The van der Waals surface area contributed by atoms with Gasteiger partial charge in [-0.1, -0.05) is 44.4 Å². The Morgan fingerprint density at radius 3 is 2.33 bits per heavy atom. The number of para-hydroxylation sites is 1. The monoisotopic (exact) mass is 249 g/mol. The first-order chi connectivity index (χ1) is 8.83. The number of unbranched alkanes of at least 4 members (excludes halogenated alkanes) is 3. The highest BCUT2D eigenvalue weighted by atomic mass is 16.5. The van der Waals surface area contributed by atoms with Crippen molar-refractivity contribution in [2.45, 2.75) is 57.9 Å². The molecule has 2 nitrogen and oxygen atoms in total. The van der Waals surface area contributed by atoms with E-state index in [4.69, 9.17) is 10.5 Å². The van der Waals surface area contributed by atoms with Crippen LogP contribution in [0, 0.1) is 0 Å². The highest BCUT2D eigenvalue weighted by molar-refractivity contribution is 5.20. The summed E-state index contributed by atoms with van der Waals surface area (Å²) in [5.41, 5.74) is 6.07. The number of ether oxygens (including phenoxy) is 1. The Labute approximate surface area is 112 Å². The topological polar surface area (TPSA) is 35.2 Å². The number of hydrogen-bond donors (Lipinski definition) is 1. The van der Waals surface area contributed by atoms with Crippen molar-refractivity contribution in [3.05, 3.63) is 30.3 Å². The summed E-state index contributed by atoms with van der Waals surface area (Å²) >= 11 is 0. The summed E-state index contributed by atoms with van der Waals surface area (Å²) in [5, 5.41) is 0. The molecular weight excluding hydrogens is 222 g/mol. The molecule has 0 aliphatic rings. The fourth-order valence-electron chi connectivity index (χ4n) is 2.02. The molecule has 18 heavy (non-hydrogen) atoms. The summed E-state index contributed by atoms with van der Waals surface area (Å²) in [7, 11) is 0. The molecule has 0 saturated carbocycles. The normalized spacial score (nSPS) is 12.3. The molecule has 0 saturated heterocycles. The SMILES string of the molecule is CCCCCC(N)CCCCOc1ccccc1. The van der Waals surface area contributed by atoms with Crippen molar-refractivity contribution in [1.82, 2.24) is 0 Å². The van der Waals surface area contributed by atoms with Gasteiger partial charge in [0.25, 0.3) is 0 Å². The molecule has 0 aromatic heterocycles. The minimum Gasteiger partial charge on any atom is -0.494 e. The molecule has 1 atom stereocenters. The third-order valence-electron chi connectivity index (χ3n) is 3.16. The zero-order valence-electron chi connectivity index (χ0n) is 11.6. The molecule has 0 fully saturated rings. The molecule has 0 bridgehead atoms. The molecule has 0 amide bonds. The molecule has 0 aliphatic carbocycles. The maximum Gasteiger partial charge on any atom is 0.119 e. The van der Waals surface area contributed by atoms with E-state index in [1.165, 1.54) is 32.1 Å². The molecule has 1 aromatic carbocycles. The molecule has 1 rings (SSSR count). The first-order valence-electron chi connectivity index (χ1n) is 7.26. The van der Waals surface area contributed by atoms with E-state index >= 15 is 0 Å². The van der Waals surface area contributed by atoms with Crippen LogP contribution in [0.2, 0.25) is 0 Å². The Bertz CT molecular complexity index is 286. The third-order valence-corrected chi connectivity index (χ3v) is 3.16. The van der Waals surface area contributed by atoms with Crippen molar-refractivity contribution < 1.29 is 4.74 Å². The lowest BCUT2D eigenvalue weighted by molar-refractivity contribution is 0.302. The first kappa shape index (κ1) is 15.0. The van der Waals surface area contributed by atoms with Crippen LogP contribution in [0.4, 0.5) is 0 Å².